The summed E-state index contributed by atoms with van der Waals surface area (Å²) >= 11 is 0. The minimum absolute atomic E-state index is 0. The molecule has 12 heavy (non-hydrogen) atoms. The summed E-state index contributed by atoms with van der Waals surface area (Å²) in [5.74, 6) is -1.74. The van der Waals surface area contributed by atoms with E-state index in [0.717, 1.165) is 0 Å². The van der Waals surface area contributed by atoms with Gasteiger partial charge in [-0.15, -0.1) is 0 Å². The van der Waals surface area contributed by atoms with Crippen molar-refractivity contribution in [1.29, 1.82) is 0 Å². The molecule has 0 fully saturated rings. The van der Waals surface area contributed by atoms with E-state index in [4.69, 9.17) is 10.2 Å². The Morgan fingerprint density at radius 3 is 1.33 bits per heavy atom. The van der Waals surface area contributed by atoms with Crippen LogP contribution in [0, 0.1) is 7.43 Å². The Morgan fingerprint density at radius 1 is 0.917 bits per heavy atom. The molecule has 0 spiro atoms. The van der Waals surface area contributed by atoms with Crippen LogP contribution in [0.25, 0.3) is 0 Å². The molecule has 2 N–H and O–H groups in total. The van der Waals surface area contributed by atoms with Crippen molar-refractivity contribution >= 4 is 11.9 Å². The van der Waals surface area contributed by atoms with Crippen LogP contribution in [0.2, 0.25) is 0 Å². The van der Waals surface area contributed by atoms with Gasteiger partial charge < -0.3 is 17.6 Å². The zero-order valence-electron chi connectivity index (χ0n) is 7.54. The fourth-order valence-corrected chi connectivity index (χ4v) is 0.552. The fourth-order valence-electron chi connectivity index (χ4n) is 0.552. The molecule has 0 saturated carbocycles. The molecule has 0 aliphatic heterocycles. The normalized spacial score (nSPS) is 7.67. The van der Waals surface area contributed by atoms with E-state index in [1.165, 1.54) is 0 Å². The molecule has 4 nitrogen and oxygen atoms in total. The van der Waals surface area contributed by atoms with E-state index in [1.54, 1.807) is 0 Å². The second-order valence-electron chi connectivity index (χ2n) is 1.99. The van der Waals surface area contributed by atoms with Crippen LogP contribution < -0.4 is 51.4 Å². The molecule has 5 heteroatoms. The Balaban J connectivity index is -0.000000405. The SMILES string of the molecule is O=C(O)CCCCC(=O)O.[CH3-].[K+]. The first-order valence-electron chi connectivity index (χ1n) is 3.06. The van der Waals surface area contributed by atoms with Crippen molar-refractivity contribution in [3.8, 4) is 0 Å². The zero-order valence-corrected chi connectivity index (χ0v) is 10.7. The van der Waals surface area contributed by atoms with Crippen molar-refractivity contribution in [3.63, 3.8) is 0 Å². The van der Waals surface area contributed by atoms with Crippen molar-refractivity contribution in [2.24, 2.45) is 0 Å². The molecule has 0 aromatic heterocycles. The quantitative estimate of drug-likeness (QED) is 0.311. The van der Waals surface area contributed by atoms with Gasteiger partial charge in [-0.3, -0.25) is 9.59 Å². The average molecular weight is 200 g/mol. The van der Waals surface area contributed by atoms with Crippen molar-refractivity contribution in [2.45, 2.75) is 25.7 Å². The van der Waals surface area contributed by atoms with E-state index < -0.39 is 11.9 Å². The summed E-state index contributed by atoms with van der Waals surface area (Å²) in [4.78, 5) is 19.8. The van der Waals surface area contributed by atoms with E-state index in [9.17, 15) is 9.59 Å². The number of carboxylic acid groups (broad SMARTS) is 2. The zero-order chi connectivity index (χ0) is 7.98. The molecule has 0 rings (SSSR count). The Hall–Kier alpha value is 0.576. The Labute approximate surface area is 115 Å². The third-order valence-electron chi connectivity index (χ3n) is 1.03. The summed E-state index contributed by atoms with van der Waals surface area (Å²) in [5.41, 5.74) is 0. The number of hydrogen-bond donors (Lipinski definition) is 2. The van der Waals surface area contributed by atoms with Crippen LogP contribution in [0.4, 0.5) is 0 Å². The summed E-state index contributed by atoms with van der Waals surface area (Å²) in [6, 6.07) is 0. The summed E-state index contributed by atoms with van der Waals surface area (Å²) in [5, 5.41) is 16.3. The van der Waals surface area contributed by atoms with Crippen LogP contribution in [0.3, 0.4) is 0 Å². The van der Waals surface area contributed by atoms with Gasteiger partial charge in [0, 0.05) is 12.8 Å². The van der Waals surface area contributed by atoms with E-state index in [1.807, 2.05) is 0 Å². The first kappa shape index (κ1) is 18.4. The van der Waals surface area contributed by atoms with Crippen LogP contribution in [-0.2, 0) is 9.59 Å². The Bertz CT molecular complexity index is 119. The van der Waals surface area contributed by atoms with Gasteiger partial charge in [0.1, 0.15) is 0 Å². The van der Waals surface area contributed by atoms with Gasteiger partial charge in [-0.1, -0.05) is 0 Å². The van der Waals surface area contributed by atoms with Gasteiger partial charge in [0.2, 0.25) is 0 Å². The first-order chi connectivity index (χ1) is 4.63. The summed E-state index contributed by atoms with van der Waals surface area (Å²) in [6.45, 7) is 0. The molecule has 0 heterocycles. The molecule has 0 aromatic rings. The van der Waals surface area contributed by atoms with Crippen LogP contribution in [0.1, 0.15) is 25.7 Å². The van der Waals surface area contributed by atoms with Gasteiger partial charge in [-0.05, 0) is 12.8 Å². The molecule has 66 valence electrons. The van der Waals surface area contributed by atoms with Crippen molar-refractivity contribution in [2.75, 3.05) is 0 Å². The fraction of sp³-hybridized carbons (Fsp3) is 0.571. The number of carbonyl (C=O) groups is 2. The van der Waals surface area contributed by atoms with Gasteiger partial charge in [0.15, 0.2) is 0 Å². The molecule has 0 aliphatic rings. The van der Waals surface area contributed by atoms with Crippen LogP contribution in [0.5, 0.6) is 0 Å². The summed E-state index contributed by atoms with van der Waals surface area (Å²) < 4.78 is 0. The molecule has 0 saturated heterocycles. The van der Waals surface area contributed by atoms with Crippen LogP contribution in [-0.4, -0.2) is 22.2 Å². The number of carboxylic acids is 2. The minimum Gasteiger partial charge on any atom is -0.481 e. The molecule has 0 aliphatic carbocycles. The Morgan fingerprint density at radius 2 is 1.17 bits per heavy atom. The monoisotopic (exact) mass is 200 g/mol. The second-order valence-corrected chi connectivity index (χ2v) is 1.99. The first-order valence-corrected chi connectivity index (χ1v) is 3.06. The molecule has 0 radical (unpaired) electrons. The molecular formula is C7H13KO4. The van der Waals surface area contributed by atoms with Gasteiger partial charge in [-0.2, -0.15) is 0 Å². The summed E-state index contributed by atoms with van der Waals surface area (Å²) in [6.07, 6.45) is 1.02. The standard InChI is InChI=1S/C6H10O4.CH3.K/c7-5(8)3-1-2-4-6(9)10;;/h1-4H2,(H,7,8)(H,9,10);1H3;/q;-1;+1. The van der Waals surface area contributed by atoms with E-state index in [0.29, 0.717) is 12.8 Å². The van der Waals surface area contributed by atoms with E-state index in [2.05, 4.69) is 0 Å². The van der Waals surface area contributed by atoms with Crippen molar-refractivity contribution < 1.29 is 71.2 Å². The third-order valence-corrected chi connectivity index (χ3v) is 1.03. The molecule has 0 amide bonds. The average Bonchev–Trinajstić information content (AvgIpc) is 1.79. The Kier molecular flexibility index (Phi) is 17.7. The summed E-state index contributed by atoms with van der Waals surface area (Å²) in [7, 11) is 0. The number of unbranched alkanes of at least 4 members (excludes halogenated alkanes) is 1. The molecule has 0 unspecified atom stereocenters. The maximum atomic E-state index is 9.90. The molecule has 0 aromatic carbocycles. The third kappa shape index (κ3) is 16.9. The van der Waals surface area contributed by atoms with Crippen LogP contribution >= 0.6 is 0 Å². The van der Waals surface area contributed by atoms with Gasteiger partial charge in [0.25, 0.3) is 0 Å². The smallest absolute Gasteiger partial charge is 0.481 e. The minimum atomic E-state index is -0.870. The van der Waals surface area contributed by atoms with Gasteiger partial charge in [-0.25, -0.2) is 0 Å². The van der Waals surface area contributed by atoms with E-state index >= 15 is 0 Å². The number of hydrogen-bond acceptors (Lipinski definition) is 2. The van der Waals surface area contributed by atoms with Gasteiger partial charge in [0.05, 0.1) is 0 Å². The maximum absolute atomic E-state index is 9.90. The van der Waals surface area contributed by atoms with Gasteiger partial charge >= 0.3 is 63.3 Å². The topological polar surface area (TPSA) is 74.6 Å². The maximum Gasteiger partial charge on any atom is 1.00 e. The predicted molar refractivity (Wildman–Crippen MR) is 40.2 cm³/mol. The largest absolute Gasteiger partial charge is 1.00 e. The number of rotatable bonds is 5. The van der Waals surface area contributed by atoms with E-state index in [-0.39, 0.29) is 71.7 Å². The molecule has 0 atom stereocenters. The number of aliphatic carboxylic acids is 2. The predicted octanol–water partition coefficient (Wildman–Crippen LogP) is -1.83. The van der Waals surface area contributed by atoms with Crippen molar-refractivity contribution in [1.82, 2.24) is 0 Å². The van der Waals surface area contributed by atoms with Crippen LogP contribution in [0.15, 0.2) is 0 Å². The van der Waals surface area contributed by atoms with Crippen molar-refractivity contribution in [3.05, 3.63) is 7.43 Å². The second kappa shape index (κ2) is 11.6. The molecular weight excluding hydrogens is 187 g/mol. The molecule has 0 bridgehead atoms.